The van der Waals surface area contributed by atoms with Gasteiger partial charge in [-0.15, -0.1) is 0 Å². The molecule has 1 rings (SSSR count). The van der Waals surface area contributed by atoms with Crippen LogP contribution >= 0.6 is 15.9 Å². The SMILES string of the molecule is COc1cc(Br)c(CCCO)c(O)c1OC. The van der Waals surface area contributed by atoms with Crippen molar-refractivity contribution in [3.05, 3.63) is 16.1 Å². The Bertz CT molecular complexity index is 365. The average molecular weight is 291 g/mol. The normalized spacial score (nSPS) is 10.2. The quantitative estimate of drug-likeness (QED) is 0.872. The summed E-state index contributed by atoms with van der Waals surface area (Å²) in [6, 6.07) is 1.74. The Morgan fingerprint density at radius 1 is 1.31 bits per heavy atom. The molecule has 0 spiro atoms. The summed E-state index contributed by atoms with van der Waals surface area (Å²) in [6.07, 6.45) is 1.16. The van der Waals surface area contributed by atoms with Crippen LogP contribution in [0.4, 0.5) is 0 Å². The Balaban J connectivity index is 3.18. The number of phenols is 1. The van der Waals surface area contributed by atoms with Crippen LogP contribution in [0.25, 0.3) is 0 Å². The van der Waals surface area contributed by atoms with Gasteiger partial charge in [-0.25, -0.2) is 0 Å². The predicted octanol–water partition coefficient (Wildman–Crippen LogP) is 2.10. The van der Waals surface area contributed by atoms with Crippen LogP contribution in [0.15, 0.2) is 10.5 Å². The minimum Gasteiger partial charge on any atom is -0.504 e. The van der Waals surface area contributed by atoms with E-state index in [1.165, 1.54) is 14.2 Å². The number of rotatable bonds is 5. The Kier molecular flexibility index (Phi) is 4.89. The van der Waals surface area contributed by atoms with Gasteiger partial charge < -0.3 is 19.7 Å². The lowest BCUT2D eigenvalue weighted by molar-refractivity contribution is 0.287. The highest BCUT2D eigenvalue weighted by Gasteiger charge is 2.17. The van der Waals surface area contributed by atoms with E-state index >= 15 is 0 Å². The number of aromatic hydroxyl groups is 1. The minimum absolute atomic E-state index is 0.0576. The number of methoxy groups -OCH3 is 2. The van der Waals surface area contributed by atoms with E-state index in [0.717, 1.165) is 4.47 Å². The van der Waals surface area contributed by atoms with Gasteiger partial charge in [0.15, 0.2) is 11.5 Å². The van der Waals surface area contributed by atoms with Gasteiger partial charge >= 0.3 is 0 Å². The highest BCUT2D eigenvalue weighted by atomic mass is 79.9. The van der Waals surface area contributed by atoms with Gasteiger partial charge in [-0.2, -0.15) is 0 Å². The van der Waals surface area contributed by atoms with Gasteiger partial charge in [0.2, 0.25) is 5.75 Å². The molecule has 0 amide bonds. The van der Waals surface area contributed by atoms with E-state index in [4.69, 9.17) is 14.6 Å². The zero-order valence-corrected chi connectivity index (χ0v) is 10.9. The highest BCUT2D eigenvalue weighted by molar-refractivity contribution is 9.10. The summed E-state index contributed by atoms with van der Waals surface area (Å²) in [5.41, 5.74) is 0.715. The summed E-state index contributed by atoms with van der Waals surface area (Å²) >= 11 is 3.36. The molecule has 5 heteroatoms. The van der Waals surface area contributed by atoms with E-state index in [2.05, 4.69) is 15.9 Å². The zero-order chi connectivity index (χ0) is 12.1. The van der Waals surface area contributed by atoms with Gasteiger partial charge in [0.1, 0.15) is 0 Å². The molecular weight excluding hydrogens is 276 g/mol. The molecule has 0 saturated heterocycles. The number of ether oxygens (including phenoxy) is 2. The highest BCUT2D eigenvalue weighted by Crippen LogP contribution is 2.43. The Morgan fingerprint density at radius 2 is 2.00 bits per heavy atom. The van der Waals surface area contributed by atoms with Crippen molar-refractivity contribution >= 4 is 15.9 Å². The van der Waals surface area contributed by atoms with E-state index in [1.54, 1.807) is 6.07 Å². The molecule has 0 saturated carbocycles. The van der Waals surface area contributed by atoms with Gasteiger partial charge in [-0.05, 0) is 18.9 Å². The molecule has 0 aliphatic carbocycles. The van der Waals surface area contributed by atoms with Crippen LogP contribution in [-0.2, 0) is 6.42 Å². The van der Waals surface area contributed by atoms with E-state index in [9.17, 15) is 5.11 Å². The van der Waals surface area contributed by atoms with Crippen LogP contribution in [0.3, 0.4) is 0 Å². The van der Waals surface area contributed by atoms with Crippen molar-refractivity contribution < 1.29 is 19.7 Å². The van der Waals surface area contributed by atoms with Crippen molar-refractivity contribution in [3.63, 3.8) is 0 Å². The fraction of sp³-hybridized carbons (Fsp3) is 0.455. The molecule has 0 aromatic heterocycles. The zero-order valence-electron chi connectivity index (χ0n) is 9.29. The topological polar surface area (TPSA) is 58.9 Å². The summed E-state index contributed by atoms with van der Waals surface area (Å²) in [5.74, 6) is 0.848. The second-order valence-electron chi connectivity index (χ2n) is 3.25. The number of benzene rings is 1. The van der Waals surface area contributed by atoms with E-state index < -0.39 is 0 Å². The Labute approximate surface area is 103 Å². The monoisotopic (exact) mass is 290 g/mol. The maximum Gasteiger partial charge on any atom is 0.203 e. The standard InChI is InChI=1S/C11H15BrO4/c1-15-9-6-8(12)7(4-3-5-13)10(14)11(9)16-2/h6,13-14H,3-5H2,1-2H3. The first-order valence-electron chi connectivity index (χ1n) is 4.88. The largest absolute Gasteiger partial charge is 0.504 e. The van der Waals surface area contributed by atoms with Gasteiger partial charge in [0.25, 0.3) is 0 Å². The number of hydrogen-bond acceptors (Lipinski definition) is 4. The maximum atomic E-state index is 9.99. The van der Waals surface area contributed by atoms with Crippen LogP contribution < -0.4 is 9.47 Å². The third-order valence-electron chi connectivity index (χ3n) is 2.28. The van der Waals surface area contributed by atoms with E-state index in [1.807, 2.05) is 0 Å². The van der Waals surface area contributed by atoms with Crippen LogP contribution in [-0.4, -0.2) is 31.0 Å². The van der Waals surface area contributed by atoms with Crippen molar-refractivity contribution in [3.8, 4) is 17.2 Å². The molecule has 0 aliphatic rings. The fourth-order valence-corrected chi connectivity index (χ4v) is 2.07. The third kappa shape index (κ3) is 2.59. The number of hydrogen-bond donors (Lipinski definition) is 2. The smallest absolute Gasteiger partial charge is 0.203 e. The molecule has 0 aliphatic heterocycles. The predicted molar refractivity (Wildman–Crippen MR) is 64.3 cm³/mol. The van der Waals surface area contributed by atoms with Gasteiger partial charge in [-0.1, -0.05) is 15.9 Å². The summed E-state index contributed by atoms with van der Waals surface area (Å²) in [6.45, 7) is 0.0836. The fourth-order valence-electron chi connectivity index (χ4n) is 1.48. The van der Waals surface area contributed by atoms with Crippen molar-refractivity contribution in [2.75, 3.05) is 20.8 Å². The molecular formula is C11H15BrO4. The van der Waals surface area contributed by atoms with Crippen molar-refractivity contribution in [2.45, 2.75) is 12.8 Å². The molecule has 0 bridgehead atoms. The number of phenolic OH excluding ortho intramolecular Hbond substituents is 1. The molecule has 16 heavy (non-hydrogen) atoms. The molecule has 90 valence electrons. The lowest BCUT2D eigenvalue weighted by Crippen LogP contribution is -1.97. The van der Waals surface area contributed by atoms with Gasteiger partial charge in [-0.3, -0.25) is 0 Å². The van der Waals surface area contributed by atoms with Crippen LogP contribution in [0.2, 0.25) is 0 Å². The molecule has 0 radical (unpaired) electrons. The number of aliphatic hydroxyl groups excluding tert-OH is 1. The van der Waals surface area contributed by atoms with Crippen LogP contribution in [0.5, 0.6) is 17.2 Å². The Hall–Kier alpha value is -0.940. The molecule has 2 N–H and O–H groups in total. The van der Waals surface area contributed by atoms with Crippen molar-refractivity contribution in [1.82, 2.24) is 0 Å². The van der Waals surface area contributed by atoms with E-state index in [-0.39, 0.29) is 12.4 Å². The summed E-state index contributed by atoms with van der Waals surface area (Å²) < 4.78 is 10.9. The molecule has 1 aromatic carbocycles. The van der Waals surface area contributed by atoms with Gasteiger partial charge in [0, 0.05) is 16.6 Å². The first-order chi connectivity index (χ1) is 7.65. The van der Waals surface area contributed by atoms with Crippen molar-refractivity contribution in [2.24, 2.45) is 0 Å². The first kappa shape index (κ1) is 13.1. The lowest BCUT2D eigenvalue weighted by atomic mass is 10.1. The third-order valence-corrected chi connectivity index (χ3v) is 2.99. The summed E-state index contributed by atoms with van der Waals surface area (Å²) in [7, 11) is 2.98. The summed E-state index contributed by atoms with van der Waals surface area (Å²) in [5, 5.41) is 18.8. The molecule has 1 aromatic rings. The van der Waals surface area contributed by atoms with Crippen LogP contribution in [0.1, 0.15) is 12.0 Å². The first-order valence-corrected chi connectivity index (χ1v) is 5.68. The minimum atomic E-state index is 0.0576. The van der Waals surface area contributed by atoms with Gasteiger partial charge in [0.05, 0.1) is 14.2 Å². The molecule has 0 unspecified atom stereocenters. The van der Waals surface area contributed by atoms with E-state index in [0.29, 0.717) is 29.9 Å². The van der Waals surface area contributed by atoms with Crippen LogP contribution in [0, 0.1) is 0 Å². The molecule has 0 heterocycles. The maximum absolute atomic E-state index is 9.99. The second-order valence-corrected chi connectivity index (χ2v) is 4.10. The lowest BCUT2D eigenvalue weighted by Gasteiger charge is -2.14. The average Bonchev–Trinajstić information content (AvgIpc) is 2.28. The number of aliphatic hydroxyl groups is 1. The Morgan fingerprint density at radius 3 is 2.50 bits per heavy atom. The second kappa shape index (κ2) is 5.96. The molecule has 0 atom stereocenters. The molecule has 4 nitrogen and oxygen atoms in total. The molecule has 0 fully saturated rings. The number of halogens is 1. The van der Waals surface area contributed by atoms with Crippen molar-refractivity contribution in [1.29, 1.82) is 0 Å². The summed E-state index contributed by atoms with van der Waals surface area (Å²) in [4.78, 5) is 0.